The number of carbonyl (C=O) groups is 1. The molecule has 4 rings (SSSR count). The van der Waals surface area contributed by atoms with Gasteiger partial charge in [0, 0.05) is 23.6 Å². The average molecular weight is 367 g/mol. The van der Waals surface area contributed by atoms with Gasteiger partial charge in [-0.3, -0.25) is 10.2 Å². The maximum Gasteiger partial charge on any atom is 0.264 e. The molecule has 0 radical (unpaired) electrons. The minimum absolute atomic E-state index is 0.0338. The van der Waals surface area contributed by atoms with Gasteiger partial charge >= 0.3 is 0 Å². The number of amidine groups is 1. The number of fused-ring (bicyclic) bond motifs is 2. The van der Waals surface area contributed by atoms with Crippen LogP contribution in [0.4, 0.5) is 0 Å². The number of para-hydroxylation sites is 2. The van der Waals surface area contributed by atoms with Crippen LogP contribution < -0.4 is 25.3 Å². The number of amides is 1. The largest absolute Gasteiger partial charge is 0.493 e. The van der Waals surface area contributed by atoms with Crippen LogP contribution in [0.15, 0.2) is 42.5 Å². The van der Waals surface area contributed by atoms with E-state index in [0.717, 1.165) is 17.7 Å². The molecule has 0 aromatic heterocycles. The Kier molecular flexibility index (Phi) is 4.58. The van der Waals surface area contributed by atoms with Crippen LogP contribution in [-0.4, -0.2) is 37.6 Å². The zero-order valence-corrected chi connectivity index (χ0v) is 14.7. The molecule has 7 nitrogen and oxygen atoms in total. The molecule has 140 valence electrons. The van der Waals surface area contributed by atoms with Crippen molar-refractivity contribution in [3.05, 3.63) is 53.6 Å². The van der Waals surface area contributed by atoms with E-state index in [1.165, 1.54) is 0 Å². The summed E-state index contributed by atoms with van der Waals surface area (Å²) in [6.07, 6.45) is 0.0703. The first-order chi connectivity index (χ1) is 13.1. The highest BCUT2D eigenvalue weighted by molar-refractivity contribution is 5.95. The molecule has 2 atom stereocenters. The summed E-state index contributed by atoms with van der Waals surface area (Å²) in [7, 11) is 0. The molecule has 0 saturated heterocycles. The highest BCUT2D eigenvalue weighted by Gasteiger charge is 2.28. The third kappa shape index (κ3) is 3.53. The number of carbonyl (C=O) groups excluding carboxylic acids is 1. The minimum atomic E-state index is -0.656. The van der Waals surface area contributed by atoms with Crippen molar-refractivity contribution in [1.82, 2.24) is 5.32 Å². The van der Waals surface area contributed by atoms with Crippen LogP contribution in [-0.2, 0) is 4.79 Å². The topological polar surface area (TPSA) is 107 Å². The normalized spacial score (nSPS) is 19.7. The second kappa shape index (κ2) is 7.19. The van der Waals surface area contributed by atoms with Crippen molar-refractivity contribution in [3.63, 3.8) is 0 Å². The molecule has 0 spiro atoms. The number of ether oxygens (including phenoxy) is 3. The molecule has 2 aromatic rings. The summed E-state index contributed by atoms with van der Waals surface area (Å²) < 4.78 is 17.0. The molecule has 2 aliphatic heterocycles. The SMILES string of the molecule is N=C(N)c1ccc2c(c1)C(CCNC(=O)C1COc3ccccc3O1)CO2. The second-order valence-corrected chi connectivity index (χ2v) is 6.62. The van der Waals surface area contributed by atoms with Gasteiger partial charge in [0.05, 0.1) is 6.61 Å². The molecule has 7 heteroatoms. The van der Waals surface area contributed by atoms with Gasteiger partial charge in [0.2, 0.25) is 6.10 Å². The fraction of sp³-hybridized carbons (Fsp3) is 0.300. The van der Waals surface area contributed by atoms with E-state index >= 15 is 0 Å². The van der Waals surface area contributed by atoms with Crippen molar-refractivity contribution in [1.29, 1.82) is 5.41 Å². The van der Waals surface area contributed by atoms with Crippen LogP contribution in [0.1, 0.15) is 23.5 Å². The van der Waals surface area contributed by atoms with Crippen molar-refractivity contribution in [2.45, 2.75) is 18.4 Å². The van der Waals surface area contributed by atoms with Crippen LogP contribution in [0.3, 0.4) is 0 Å². The monoisotopic (exact) mass is 367 g/mol. The number of nitrogen functional groups attached to an aromatic ring is 1. The van der Waals surface area contributed by atoms with Gasteiger partial charge in [0.15, 0.2) is 11.5 Å². The predicted octanol–water partition coefficient (Wildman–Crippen LogP) is 1.79. The lowest BCUT2D eigenvalue weighted by Crippen LogP contribution is -2.44. The predicted molar refractivity (Wildman–Crippen MR) is 99.7 cm³/mol. The van der Waals surface area contributed by atoms with Gasteiger partial charge < -0.3 is 25.3 Å². The zero-order valence-electron chi connectivity index (χ0n) is 14.7. The molecule has 0 bridgehead atoms. The first-order valence-corrected chi connectivity index (χ1v) is 8.89. The number of nitrogens with one attached hydrogen (secondary N) is 2. The molecular weight excluding hydrogens is 346 g/mol. The fourth-order valence-electron chi connectivity index (χ4n) is 3.32. The van der Waals surface area contributed by atoms with Gasteiger partial charge in [-0.15, -0.1) is 0 Å². The van der Waals surface area contributed by atoms with Crippen LogP contribution in [0, 0.1) is 5.41 Å². The Morgan fingerprint density at radius 1 is 1.11 bits per heavy atom. The number of hydrogen-bond acceptors (Lipinski definition) is 5. The summed E-state index contributed by atoms with van der Waals surface area (Å²) in [5, 5.41) is 10.5. The van der Waals surface area contributed by atoms with Crippen molar-refractivity contribution >= 4 is 11.7 Å². The van der Waals surface area contributed by atoms with E-state index in [9.17, 15) is 4.79 Å². The fourth-order valence-corrected chi connectivity index (χ4v) is 3.32. The Hall–Kier alpha value is -3.22. The highest BCUT2D eigenvalue weighted by Crippen LogP contribution is 2.36. The molecule has 2 unspecified atom stereocenters. The van der Waals surface area contributed by atoms with Crippen LogP contribution in [0.2, 0.25) is 0 Å². The first kappa shape index (κ1) is 17.2. The maximum absolute atomic E-state index is 12.4. The Balaban J connectivity index is 1.32. The molecule has 2 aromatic carbocycles. The molecule has 0 saturated carbocycles. The first-order valence-electron chi connectivity index (χ1n) is 8.89. The lowest BCUT2D eigenvalue weighted by atomic mass is 9.96. The van der Waals surface area contributed by atoms with Gasteiger partial charge in [0.25, 0.3) is 5.91 Å². The summed E-state index contributed by atoms with van der Waals surface area (Å²) in [4.78, 5) is 12.4. The molecule has 0 aliphatic carbocycles. The zero-order chi connectivity index (χ0) is 18.8. The Labute approximate surface area is 156 Å². The van der Waals surface area contributed by atoms with Crippen molar-refractivity contribution < 1.29 is 19.0 Å². The van der Waals surface area contributed by atoms with Gasteiger partial charge in [0.1, 0.15) is 18.2 Å². The van der Waals surface area contributed by atoms with Gasteiger partial charge in [-0.1, -0.05) is 12.1 Å². The van der Waals surface area contributed by atoms with E-state index in [1.54, 1.807) is 12.1 Å². The summed E-state index contributed by atoms with van der Waals surface area (Å²) >= 11 is 0. The van der Waals surface area contributed by atoms with Crippen LogP contribution in [0.25, 0.3) is 0 Å². The van der Waals surface area contributed by atoms with E-state index in [4.69, 9.17) is 25.4 Å². The van der Waals surface area contributed by atoms with E-state index in [0.29, 0.717) is 30.2 Å². The number of hydrogen-bond donors (Lipinski definition) is 3. The lowest BCUT2D eigenvalue weighted by Gasteiger charge is -2.25. The second-order valence-electron chi connectivity index (χ2n) is 6.62. The van der Waals surface area contributed by atoms with E-state index in [-0.39, 0.29) is 24.3 Å². The summed E-state index contributed by atoms with van der Waals surface area (Å²) in [5.41, 5.74) is 7.28. The van der Waals surface area contributed by atoms with E-state index in [2.05, 4.69) is 5.32 Å². The van der Waals surface area contributed by atoms with E-state index < -0.39 is 6.10 Å². The summed E-state index contributed by atoms with van der Waals surface area (Å²) in [6.45, 7) is 1.25. The van der Waals surface area contributed by atoms with Gasteiger partial charge in [-0.05, 0) is 36.8 Å². The molecule has 2 aliphatic rings. The summed E-state index contributed by atoms with van der Waals surface area (Å²) in [6, 6.07) is 12.8. The molecule has 27 heavy (non-hydrogen) atoms. The Morgan fingerprint density at radius 2 is 1.89 bits per heavy atom. The molecule has 1 amide bonds. The Bertz CT molecular complexity index is 883. The molecule has 0 fully saturated rings. The summed E-state index contributed by atoms with van der Waals surface area (Å²) in [5.74, 6) is 2.05. The van der Waals surface area contributed by atoms with Crippen LogP contribution in [0.5, 0.6) is 17.2 Å². The third-order valence-corrected chi connectivity index (χ3v) is 4.79. The number of rotatable bonds is 5. The number of nitrogens with two attached hydrogens (primary N) is 1. The van der Waals surface area contributed by atoms with Crippen molar-refractivity contribution in [2.24, 2.45) is 5.73 Å². The lowest BCUT2D eigenvalue weighted by molar-refractivity contribution is -0.130. The van der Waals surface area contributed by atoms with Gasteiger partial charge in [-0.25, -0.2) is 0 Å². The molecular formula is C20H21N3O4. The smallest absolute Gasteiger partial charge is 0.264 e. The Morgan fingerprint density at radius 3 is 2.70 bits per heavy atom. The maximum atomic E-state index is 12.4. The average Bonchev–Trinajstić information content (AvgIpc) is 3.09. The third-order valence-electron chi connectivity index (χ3n) is 4.79. The molecule has 2 heterocycles. The van der Waals surface area contributed by atoms with Crippen molar-refractivity contribution in [3.8, 4) is 17.2 Å². The highest BCUT2D eigenvalue weighted by atomic mass is 16.6. The van der Waals surface area contributed by atoms with Crippen LogP contribution >= 0.6 is 0 Å². The standard InChI is InChI=1S/C20H21N3O4/c21-19(22)12-5-6-15-14(9-12)13(10-25-15)7-8-23-20(24)18-11-26-16-3-1-2-4-17(16)27-18/h1-6,9,13,18H,7-8,10-11H2,(H3,21,22)(H,23,24). The minimum Gasteiger partial charge on any atom is -0.493 e. The quantitative estimate of drug-likeness (QED) is 0.552. The number of benzene rings is 2. The van der Waals surface area contributed by atoms with Gasteiger partial charge in [-0.2, -0.15) is 0 Å². The molecule has 4 N–H and O–H groups in total. The van der Waals surface area contributed by atoms with E-state index in [1.807, 2.05) is 30.3 Å². The van der Waals surface area contributed by atoms with Crippen molar-refractivity contribution in [2.75, 3.05) is 19.8 Å².